The van der Waals surface area contributed by atoms with E-state index < -0.39 is 0 Å². The molecule has 0 bridgehead atoms. The molecule has 0 heterocycles. The molecule has 0 aromatic heterocycles. The Bertz CT molecular complexity index is 1290. The highest BCUT2D eigenvalue weighted by Gasteiger charge is 2.25. The highest BCUT2D eigenvalue weighted by molar-refractivity contribution is 6.12. The molecule has 0 saturated heterocycles. The Kier molecular flexibility index (Phi) is 13.4. The maximum absolute atomic E-state index is 12.6. The summed E-state index contributed by atoms with van der Waals surface area (Å²) in [5, 5.41) is 3.32. The van der Waals surface area contributed by atoms with Crippen molar-refractivity contribution in [2.24, 2.45) is 0 Å². The molecule has 0 aliphatic heterocycles. The number of carbonyl (C=O) groups excluding carboxylic acids is 2. The molecule has 0 saturated carbocycles. The molecule has 6 heteroatoms. The molecule has 0 unspecified atom stereocenters. The summed E-state index contributed by atoms with van der Waals surface area (Å²) >= 11 is 0. The van der Waals surface area contributed by atoms with Crippen LogP contribution in [0.25, 0.3) is 21.5 Å². The topological polar surface area (TPSA) is 71.1 Å². The summed E-state index contributed by atoms with van der Waals surface area (Å²) in [6.45, 7) is 11.2. The van der Waals surface area contributed by atoms with Gasteiger partial charge in [0.05, 0.1) is 13.2 Å². The van der Waals surface area contributed by atoms with Crippen molar-refractivity contribution < 1.29 is 28.5 Å². The molecule has 3 aromatic rings. The fourth-order valence-corrected chi connectivity index (χ4v) is 5.20. The summed E-state index contributed by atoms with van der Waals surface area (Å²) in [4.78, 5) is 25.2. The van der Waals surface area contributed by atoms with Gasteiger partial charge >= 0.3 is 11.9 Å². The number of carbonyl (C=O) groups is 2. The van der Waals surface area contributed by atoms with E-state index in [-0.39, 0.29) is 30.6 Å². The molecule has 0 spiro atoms. The first-order valence-electron chi connectivity index (χ1n) is 15.8. The van der Waals surface area contributed by atoms with Crippen molar-refractivity contribution >= 4 is 33.5 Å². The van der Waals surface area contributed by atoms with E-state index in [0.29, 0.717) is 24.7 Å². The first kappa shape index (κ1) is 33.2. The standard InChI is InChI=1S/C36H50O6/c1-6-8-10-12-16-23-39-31(37)25-41-34-27-19-14-15-20-28(27)35(33-29(34)21-18-22-30(33)36(3,4)5)42-26-32(38)40-24-17-13-11-9-7-2/h14-15,18-22H,6-13,16-17,23-26H2,1-5H3. The highest BCUT2D eigenvalue weighted by Crippen LogP contribution is 2.46. The van der Waals surface area contributed by atoms with Crippen LogP contribution in [-0.2, 0) is 24.5 Å². The van der Waals surface area contributed by atoms with E-state index in [2.05, 4.69) is 40.7 Å². The molecular formula is C36H50O6. The fraction of sp³-hybridized carbons (Fsp3) is 0.556. The number of unbranched alkanes of at least 4 members (excludes halogenated alkanes) is 8. The van der Waals surface area contributed by atoms with Gasteiger partial charge in [0.2, 0.25) is 0 Å². The van der Waals surface area contributed by atoms with Crippen LogP contribution in [-0.4, -0.2) is 38.4 Å². The molecule has 3 aromatic carbocycles. The fourth-order valence-electron chi connectivity index (χ4n) is 5.20. The molecule has 0 aliphatic carbocycles. The van der Waals surface area contributed by atoms with E-state index in [1.54, 1.807) is 0 Å². The minimum absolute atomic E-state index is 0.182. The lowest BCUT2D eigenvalue weighted by Gasteiger charge is -2.25. The van der Waals surface area contributed by atoms with Crippen LogP contribution in [0.3, 0.4) is 0 Å². The molecule has 0 amide bonds. The highest BCUT2D eigenvalue weighted by atomic mass is 16.6. The number of fused-ring (bicyclic) bond motifs is 2. The predicted octanol–water partition coefficient (Wildman–Crippen LogP) is 9.08. The third-order valence-electron chi connectivity index (χ3n) is 7.45. The van der Waals surface area contributed by atoms with Crippen LogP contribution in [0.1, 0.15) is 104 Å². The van der Waals surface area contributed by atoms with Crippen molar-refractivity contribution in [2.45, 2.75) is 104 Å². The Morgan fingerprint density at radius 2 is 1.07 bits per heavy atom. The van der Waals surface area contributed by atoms with Gasteiger partial charge in [0.15, 0.2) is 13.2 Å². The zero-order valence-corrected chi connectivity index (χ0v) is 26.4. The molecule has 0 atom stereocenters. The maximum atomic E-state index is 12.6. The van der Waals surface area contributed by atoms with Crippen LogP contribution >= 0.6 is 0 Å². The van der Waals surface area contributed by atoms with E-state index in [4.69, 9.17) is 18.9 Å². The third-order valence-corrected chi connectivity index (χ3v) is 7.45. The number of ether oxygens (including phenoxy) is 4. The Morgan fingerprint density at radius 1 is 0.595 bits per heavy atom. The molecule has 3 rings (SSSR count). The molecule has 0 fully saturated rings. The van der Waals surface area contributed by atoms with E-state index in [1.807, 2.05) is 36.4 Å². The smallest absolute Gasteiger partial charge is 0.344 e. The largest absolute Gasteiger partial charge is 0.481 e. The predicted molar refractivity (Wildman–Crippen MR) is 171 cm³/mol. The van der Waals surface area contributed by atoms with E-state index in [0.717, 1.165) is 65.6 Å². The second-order valence-electron chi connectivity index (χ2n) is 12.0. The normalized spacial score (nSPS) is 11.5. The molecule has 230 valence electrons. The van der Waals surface area contributed by atoms with Gasteiger partial charge in [-0.15, -0.1) is 0 Å². The second-order valence-corrected chi connectivity index (χ2v) is 12.0. The summed E-state index contributed by atoms with van der Waals surface area (Å²) in [7, 11) is 0. The van der Waals surface area contributed by atoms with Crippen LogP contribution in [0.4, 0.5) is 0 Å². The number of esters is 2. The minimum atomic E-state index is -0.382. The summed E-state index contributed by atoms with van der Waals surface area (Å²) < 4.78 is 23.4. The Morgan fingerprint density at radius 3 is 1.60 bits per heavy atom. The summed E-state index contributed by atoms with van der Waals surface area (Å²) in [6.07, 6.45) is 10.9. The number of benzene rings is 3. The molecule has 0 aliphatic rings. The van der Waals surface area contributed by atoms with Crippen molar-refractivity contribution in [3.63, 3.8) is 0 Å². The molecule has 0 radical (unpaired) electrons. The summed E-state index contributed by atoms with van der Waals surface area (Å²) in [5.41, 5.74) is 0.845. The monoisotopic (exact) mass is 578 g/mol. The van der Waals surface area contributed by atoms with Gasteiger partial charge in [0.25, 0.3) is 0 Å². The van der Waals surface area contributed by atoms with Gasteiger partial charge in [-0.05, 0) is 23.8 Å². The number of hydrogen-bond donors (Lipinski definition) is 0. The molecule has 42 heavy (non-hydrogen) atoms. The molecule has 6 nitrogen and oxygen atoms in total. The Labute approximate surface area is 252 Å². The van der Waals surface area contributed by atoms with Gasteiger partial charge in [0, 0.05) is 21.5 Å². The molecule has 0 N–H and O–H groups in total. The van der Waals surface area contributed by atoms with Crippen LogP contribution in [0.2, 0.25) is 0 Å². The van der Waals surface area contributed by atoms with Gasteiger partial charge in [-0.25, -0.2) is 9.59 Å². The number of rotatable bonds is 18. The average Bonchev–Trinajstić information content (AvgIpc) is 2.97. The van der Waals surface area contributed by atoms with E-state index >= 15 is 0 Å². The summed E-state index contributed by atoms with van der Waals surface area (Å²) in [5.74, 6) is 0.461. The van der Waals surface area contributed by atoms with Gasteiger partial charge < -0.3 is 18.9 Å². The lowest BCUT2D eigenvalue weighted by atomic mass is 9.82. The minimum Gasteiger partial charge on any atom is -0.481 e. The lowest BCUT2D eigenvalue weighted by molar-refractivity contribution is -0.147. The Balaban J connectivity index is 1.85. The number of hydrogen-bond acceptors (Lipinski definition) is 6. The van der Waals surface area contributed by atoms with Crippen molar-refractivity contribution in [1.29, 1.82) is 0 Å². The average molecular weight is 579 g/mol. The van der Waals surface area contributed by atoms with E-state index in [9.17, 15) is 9.59 Å². The van der Waals surface area contributed by atoms with Crippen LogP contribution in [0.5, 0.6) is 11.5 Å². The van der Waals surface area contributed by atoms with Crippen molar-refractivity contribution in [3.8, 4) is 11.5 Å². The van der Waals surface area contributed by atoms with Gasteiger partial charge in [0.1, 0.15) is 11.5 Å². The third kappa shape index (κ3) is 9.64. The lowest BCUT2D eigenvalue weighted by Crippen LogP contribution is -2.18. The van der Waals surface area contributed by atoms with Crippen molar-refractivity contribution in [2.75, 3.05) is 26.4 Å². The van der Waals surface area contributed by atoms with Crippen LogP contribution in [0, 0.1) is 0 Å². The van der Waals surface area contributed by atoms with E-state index in [1.165, 1.54) is 25.7 Å². The SMILES string of the molecule is CCCCCCCOC(=O)COc1c2ccccc2c(OCC(=O)OCCCCCCC)c2c(C(C)(C)C)cccc12. The zero-order chi connectivity index (χ0) is 30.4. The van der Waals surface area contributed by atoms with Crippen LogP contribution < -0.4 is 9.47 Å². The first-order valence-corrected chi connectivity index (χ1v) is 15.8. The van der Waals surface area contributed by atoms with Crippen LogP contribution in [0.15, 0.2) is 42.5 Å². The van der Waals surface area contributed by atoms with Gasteiger partial charge in [-0.2, -0.15) is 0 Å². The van der Waals surface area contributed by atoms with Crippen molar-refractivity contribution in [3.05, 3.63) is 48.0 Å². The van der Waals surface area contributed by atoms with Gasteiger partial charge in [-0.3, -0.25) is 0 Å². The quantitative estimate of drug-likeness (QED) is 0.0852. The summed E-state index contributed by atoms with van der Waals surface area (Å²) in [6, 6.07) is 13.8. The zero-order valence-electron chi connectivity index (χ0n) is 26.4. The maximum Gasteiger partial charge on any atom is 0.344 e. The van der Waals surface area contributed by atoms with Gasteiger partial charge in [-0.1, -0.05) is 128 Å². The second kappa shape index (κ2) is 17.0. The van der Waals surface area contributed by atoms with Crippen molar-refractivity contribution in [1.82, 2.24) is 0 Å². The molecular weight excluding hydrogens is 528 g/mol. The Hall–Kier alpha value is -3.28. The first-order chi connectivity index (χ1) is 20.3.